The molecule has 0 spiro atoms. The summed E-state index contributed by atoms with van der Waals surface area (Å²) in [5.41, 5.74) is 1.52. The Kier molecular flexibility index (Phi) is 3.06. The number of hydrogen-bond donors (Lipinski definition) is 1. The molecule has 6 heteroatoms. The molecule has 1 aliphatic heterocycles. The minimum atomic E-state index is -0.219. The monoisotopic (exact) mass is 283 g/mol. The van der Waals surface area contributed by atoms with Gasteiger partial charge in [0, 0.05) is 25.9 Å². The Balaban J connectivity index is 2.10. The van der Waals surface area contributed by atoms with Crippen molar-refractivity contribution in [2.24, 2.45) is 0 Å². The van der Waals surface area contributed by atoms with Gasteiger partial charge in [0.25, 0.3) is 5.91 Å². The summed E-state index contributed by atoms with van der Waals surface area (Å²) in [6.45, 7) is 1.41. The zero-order valence-corrected chi connectivity index (χ0v) is 11.6. The number of nitrogens with zero attached hydrogens (tertiary/aromatic N) is 2. The second-order valence-corrected chi connectivity index (χ2v) is 4.69. The van der Waals surface area contributed by atoms with Crippen LogP contribution in [0.15, 0.2) is 36.5 Å². The van der Waals surface area contributed by atoms with Crippen molar-refractivity contribution in [1.29, 1.82) is 0 Å². The molecule has 1 aromatic heterocycles. The lowest BCUT2D eigenvalue weighted by Crippen LogP contribution is -2.25. The van der Waals surface area contributed by atoms with Gasteiger partial charge in [-0.15, -0.1) is 0 Å². The normalized spacial score (nSPS) is 12.9. The molecular weight excluding hydrogens is 270 g/mol. The topological polar surface area (TPSA) is 71.5 Å². The third-order valence-electron chi connectivity index (χ3n) is 3.15. The molecular formula is C15H13N3O3. The maximum Gasteiger partial charge on any atom is 0.262 e. The van der Waals surface area contributed by atoms with Crippen LogP contribution in [0.2, 0.25) is 0 Å². The van der Waals surface area contributed by atoms with E-state index in [9.17, 15) is 9.59 Å². The number of rotatable bonds is 1. The van der Waals surface area contributed by atoms with Gasteiger partial charge >= 0.3 is 0 Å². The number of ether oxygens (including phenoxy) is 1. The molecule has 21 heavy (non-hydrogen) atoms. The highest BCUT2D eigenvalue weighted by Gasteiger charge is 2.26. The Morgan fingerprint density at radius 2 is 2.14 bits per heavy atom. The average molecular weight is 283 g/mol. The lowest BCUT2D eigenvalue weighted by atomic mass is 10.1. The van der Waals surface area contributed by atoms with Crippen LogP contribution in [-0.2, 0) is 4.79 Å². The van der Waals surface area contributed by atoms with Crippen molar-refractivity contribution < 1.29 is 14.3 Å². The predicted molar refractivity (Wildman–Crippen MR) is 77.8 cm³/mol. The molecule has 0 bridgehead atoms. The maximum atomic E-state index is 12.5. The van der Waals surface area contributed by atoms with Crippen LogP contribution in [0.25, 0.3) is 0 Å². The minimum Gasteiger partial charge on any atom is -0.436 e. The van der Waals surface area contributed by atoms with Crippen molar-refractivity contribution in [3.8, 4) is 11.6 Å². The van der Waals surface area contributed by atoms with E-state index in [1.165, 1.54) is 11.8 Å². The van der Waals surface area contributed by atoms with Crippen molar-refractivity contribution in [2.45, 2.75) is 6.92 Å². The number of carbonyl (C=O) groups excluding carboxylic acids is 2. The Morgan fingerprint density at radius 1 is 1.33 bits per heavy atom. The summed E-state index contributed by atoms with van der Waals surface area (Å²) in [7, 11) is 1.66. The third-order valence-corrected chi connectivity index (χ3v) is 3.15. The fourth-order valence-corrected chi connectivity index (χ4v) is 2.18. The highest BCUT2D eigenvalue weighted by Crippen LogP contribution is 2.37. The first-order chi connectivity index (χ1) is 10.1. The first-order valence-electron chi connectivity index (χ1n) is 6.39. The fraction of sp³-hybridized carbons (Fsp3) is 0.133. The summed E-state index contributed by atoms with van der Waals surface area (Å²) >= 11 is 0. The van der Waals surface area contributed by atoms with Crippen LogP contribution >= 0.6 is 0 Å². The molecule has 0 aliphatic carbocycles. The van der Waals surface area contributed by atoms with Gasteiger partial charge < -0.3 is 15.0 Å². The number of carbonyl (C=O) groups is 2. The lowest BCUT2D eigenvalue weighted by molar-refractivity contribution is -0.114. The molecule has 2 heterocycles. The quantitative estimate of drug-likeness (QED) is 0.872. The van der Waals surface area contributed by atoms with Crippen LogP contribution < -0.4 is 15.0 Å². The SMILES string of the molecule is CC(=O)Nc1ccc2c(c1)C(=O)N(C)c1cccnc1O2. The molecule has 2 amide bonds. The van der Waals surface area contributed by atoms with E-state index in [0.717, 1.165) is 0 Å². The van der Waals surface area contributed by atoms with Gasteiger partial charge in [0.15, 0.2) is 0 Å². The number of fused-ring (bicyclic) bond motifs is 2. The van der Waals surface area contributed by atoms with Gasteiger partial charge in [-0.1, -0.05) is 0 Å². The van der Waals surface area contributed by atoms with Gasteiger partial charge in [0.1, 0.15) is 11.4 Å². The van der Waals surface area contributed by atoms with E-state index in [1.807, 2.05) is 0 Å². The lowest BCUT2D eigenvalue weighted by Gasteiger charge is -2.15. The molecule has 0 saturated carbocycles. The van der Waals surface area contributed by atoms with E-state index in [0.29, 0.717) is 28.6 Å². The number of benzene rings is 1. The molecule has 0 atom stereocenters. The van der Waals surface area contributed by atoms with Crippen LogP contribution in [0.3, 0.4) is 0 Å². The second-order valence-electron chi connectivity index (χ2n) is 4.69. The summed E-state index contributed by atoms with van der Waals surface area (Å²) in [5, 5.41) is 2.65. The second kappa shape index (κ2) is 4.90. The molecule has 3 rings (SSSR count). The van der Waals surface area contributed by atoms with Crippen LogP contribution in [0, 0.1) is 0 Å². The van der Waals surface area contributed by atoms with Gasteiger partial charge in [0.05, 0.1) is 5.56 Å². The predicted octanol–water partition coefficient (Wildman–Crippen LogP) is 2.42. The van der Waals surface area contributed by atoms with E-state index >= 15 is 0 Å². The summed E-state index contributed by atoms with van der Waals surface area (Å²) in [6.07, 6.45) is 1.60. The van der Waals surface area contributed by atoms with Crippen LogP contribution in [0.1, 0.15) is 17.3 Å². The van der Waals surface area contributed by atoms with E-state index in [-0.39, 0.29) is 11.8 Å². The Bertz CT molecular complexity index is 743. The summed E-state index contributed by atoms with van der Waals surface area (Å²) in [5.74, 6) is 0.372. The fourth-order valence-electron chi connectivity index (χ4n) is 2.18. The van der Waals surface area contributed by atoms with Gasteiger partial charge in [0.2, 0.25) is 11.8 Å². The average Bonchev–Trinajstić information content (AvgIpc) is 2.56. The maximum absolute atomic E-state index is 12.5. The number of amides is 2. The minimum absolute atomic E-state index is 0.199. The number of pyridine rings is 1. The van der Waals surface area contributed by atoms with E-state index in [1.54, 1.807) is 43.6 Å². The highest BCUT2D eigenvalue weighted by atomic mass is 16.5. The number of nitrogens with one attached hydrogen (secondary N) is 1. The molecule has 2 aromatic rings. The van der Waals surface area contributed by atoms with Crippen molar-refractivity contribution in [3.63, 3.8) is 0 Å². The Hall–Kier alpha value is -2.89. The first kappa shape index (κ1) is 13.1. The summed E-state index contributed by atoms with van der Waals surface area (Å²) in [4.78, 5) is 29.3. The molecule has 0 saturated heterocycles. The van der Waals surface area contributed by atoms with Crippen LogP contribution in [-0.4, -0.2) is 23.8 Å². The molecule has 106 valence electrons. The standard InChI is InChI=1S/C15H13N3O3/c1-9(19)17-10-5-6-13-11(8-10)15(20)18(2)12-4-3-7-16-14(12)21-13/h3-8H,1-2H3,(H,17,19). The first-order valence-corrected chi connectivity index (χ1v) is 6.39. The van der Waals surface area contributed by atoms with Gasteiger partial charge in [-0.3, -0.25) is 9.59 Å². The zero-order chi connectivity index (χ0) is 15.0. The molecule has 1 aliphatic rings. The van der Waals surface area contributed by atoms with Crippen LogP contribution in [0.4, 0.5) is 11.4 Å². The highest BCUT2D eigenvalue weighted by molar-refractivity contribution is 6.10. The zero-order valence-electron chi connectivity index (χ0n) is 11.6. The molecule has 0 unspecified atom stereocenters. The summed E-state index contributed by atoms with van der Waals surface area (Å²) in [6, 6.07) is 8.44. The number of anilines is 2. The van der Waals surface area contributed by atoms with Gasteiger partial charge in [-0.2, -0.15) is 0 Å². The largest absolute Gasteiger partial charge is 0.436 e. The van der Waals surface area contributed by atoms with Crippen molar-refractivity contribution in [3.05, 3.63) is 42.1 Å². The Labute approximate surface area is 121 Å². The van der Waals surface area contributed by atoms with Gasteiger partial charge in [-0.25, -0.2) is 4.98 Å². The van der Waals surface area contributed by atoms with Crippen molar-refractivity contribution in [2.75, 3.05) is 17.3 Å². The summed E-state index contributed by atoms with van der Waals surface area (Å²) < 4.78 is 5.72. The number of aromatic nitrogens is 1. The molecule has 1 N–H and O–H groups in total. The van der Waals surface area contributed by atoms with Crippen LogP contribution in [0.5, 0.6) is 11.6 Å². The number of hydrogen-bond acceptors (Lipinski definition) is 4. The van der Waals surface area contributed by atoms with Crippen molar-refractivity contribution in [1.82, 2.24) is 4.98 Å². The van der Waals surface area contributed by atoms with Crippen molar-refractivity contribution >= 4 is 23.2 Å². The smallest absolute Gasteiger partial charge is 0.262 e. The molecule has 0 fully saturated rings. The molecule has 1 aromatic carbocycles. The Morgan fingerprint density at radius 3 is 2.90 bits per heavy atom. The van der Waals surface area contributed by atoms with Gasteiger partial charge in [-0.05, 0) is 30.3 Å². The third kappa shape index (κ3) is 2.31. The molecule has 0 radical (unpaired) electrons. The molecule has 6 nitrogen and oxygen atoms in total. The van der Waals surface area contributed by atoms with E-state index in [4.69, 9.17) is 4.74 Å². The van der Waals surface area contributed by atoms with E-state index in [2.05, 4.69) is 10.3 Å². The van der Waals surface area contributed by atoms with E-state index < -0.39 is 0 Å².